The molecule has 0 fully saturated rings. The molecule has 1 aliphatic rings. The molecule has 3 rings (SSSR count). The Morgan fingerprint density at radius 2 is 2.12 bits per heavy atom. The minimum absolute atomic E-state index is 0.364. The Hall–Kier alpha value is -2.02. The maximum absolute atomic E-state index is 13.7. The third-order valence-corrected chi connectivity index (χ3v) is 5.66. The standard InChI is InChI=1S/C19H24F2N4S/c1-22-19(23-10-9-13-11-14(20)7-8-15(13)21)25(2)12-18-24-16-5-3-4-6-17(16)26-18/h7-8,11H,3-6,9-10,12H2,1-2H3,(H,22,23). The topological polar surface area (TPSA) is 40.5 Å². The summed E-state index contributed by atoms with van der Waals surface area (Å²) in [4.78, 5) is 12.5. The van der Waals surface area contributed by atoms with E-state index in [9.17, 15) is 8.78 Å². The van der Waals surface area contributed by atoms with E-state index in [1.54, 1.807) is 18.4 Å². The average molecular weight is 378 g/mol. The number of thiazole rings is 1. The molecule has 0 spiro atoms. The largest absolute Gasteiger partial charge is 0.356 e. The monoisotopic (exact) mass is 378 g/mol. The average Bonchev–Trinajstić information content (AvgIpc) is 3.03. The van der Waals surface area contributed by atoms with E-state index in [0.29, 0.717) is 25.1 Å². The van der Waals surface area contributed by atoms with Crippen molar-refractivity contribution in [2.45, 2.75) is 38.6 Å². The third-order valence-electron chi connectivity index (χ3n) is 4.52. The zero-order chi connectivity index (χ0) is 18.5. The van der Waals surface area contributed by atoms with Gasteiger partial charge in [0.1, 0.15) is 16.6 Å². The van der Waals surface area contributed by atoms with Crippen LogP contribution in [0.3, 0.4) is 0 Å². The van der Waals surface area contributed by atoms with Gasteiger partial charge in [-0.25, -0.2) is 13.8 Å². The van der Waals surface area contributed by atoms with Crippen molar-refractivity contribution in [1.29, 1.82) is 0 Å². The van der Waals surface area contributed by atoms with Gasteiger partial charge in [-0.1, -0.05) is 0 Å². The number of aromatic nitrogens is 1. The van der Waals surface area contributed by atoms with E-state index in [1.165, 1.54) is 29.5 Å². The van der Waals surface area contributed by atoms with Crippen LogP contribution in [0.5, 0.6) is 0 Å². The number of nitrogens with zero attached hydrogens (tertiary/aromatic N) is 3. The summed E-state index contributed by atoms with van der Waals surface area (Å²) in [6.45, 7) is 1.16. The lowest BCUT2D eigenvalue weighted by molar-refractivity contribution is 0.474. The SMILES string of the molecule is CN=C(NCCc1cc(F)ccc1F)N(C)Cc1nc2c(s1)CCCC2. The Labute approximate surface area is 157 Å². The molecule has 7 heteroatoms. The first-order valence-corrected chi connectivity index (χ1v) is 9.71. The molecule has 4 nitrogen and oxygen atoms in total. The van der Waals surface area contributed by atoms with Gasteiger partial charge in [0.15, 0.2) is 5.96 Å². The molecule has 2 aromatic rings. The Balaban J connectivity index is 1.54. The highest BCUT2D eigenvalue weighted by atomic mass is 32.1. The maximum atomic E-state index is 13.7. The highest BCUT2D eigenvalue weighted by molar-refractivity contribution is 7.11. The van der Waals surface area contributed by atoms with E-state index >= 15 is 0 Å². The number of aliphatic imine (C=N–C) groups is 1. The Morgan fingerprint density at radius 3 is 2.88 bits per heavy atom. The van der Waals surface area contributed by atoms with Gasteiger partial charge >= 0.3 is 0 Å². The molecule has 0 radical (unpaired) electrons. The lowest BCUT2D eigenvalue weighted by Gasteiger charge is -2.21. The van der Waals surface area contributed by atoms with E-state index in [4.69, 9.17) is 4.98 Å². The predicted octanol–water partition coefficient (Wildman–Crippen LogP) is 3.55. The predicted molar refractivity (Wildman–Crippen MR) is 102 cm³/mol. The second-order valence-corrected chi connectivity index (χ2v) is 7.67. The summed E-state index contributed by atoms with van der Waals surface area (Å²) in [6.07, 6.45) is 5.10. The van der Waals surface area contributed by atoms with Crippen LogP contribution in [0.4, 0.5) is 8.78 Å². The first-order valence-electron chi connectivity index (χ1n) is 8.90. The second-order valence-electron chi connectivity index (χ2n) is 6.50. The summed E-state index contributed by atoms with van der Waals surface area (Å²) < 4.78 is 26.9. The first kappa shape index (κ1) is 18.8. The summed E-state index contributed by atoms with van der Waals surface area (Å²) in [5.41, 5.74) is 1.62. The first-order chi connectivity index (χ1) is 12.6. The molecule has 0 aliphatic heterocycles. The van der Waals surface area contributed by atoms with Crippen LogP contribution < -0.4 is 5.32 Å². The van der Waals surface area contributed by atoms with Gasteiger partial charge in [-0.05, 0) is 55.9 Å². The molecule has 0 bridgehead atoms. The van der Waals surface area contributed by atoms with E-state index in [1.807, 2.05) is 11.9 Å². The highest BCUT2D eigenvalue weighted by Crippen LogP contribution is 2.27. The van der Waals surface area contributed by atoms with Crippen molar-refractivity contribution in [3.05, 3.63) is 51.0 Å². The van der Waals surface area contributed by atoms with Gasteiger partial charge in [0.05, 0.1) is 12.2 Å². The van der Waals surface area contributed by atoms with Crippen LogP contribution in [-0.2, 0) is 25.8 Å². The van der Waals surface area contributed by atoms with Crippen molar-refractivity contribution in [3.8, 4) is 0 Å². The van der Waals surface area contributed by atoms with Crippen LogP contribution in [0, 0.1) is 11.6 Å². The number of fused-ring (bicyclic) bond motifs is 1. The zero-order valence-corrected chi connectivity index (χ0v) is 16.0. The lowest BCUT2D eigenvalue weighted by atomic mass is 10.0. The van der Waals surface area contributed by atoms with Gasteiger partial charge in [-0.3, -0.25) is 4.99 Å². The number of hydrogen-bond donors (Lipinski definition) is 1. The lowest BCUT2D eigenvalue weighted by Crippen LogP contribution is -2.39. The van der Waals surface area contributed by atoms with E-state index in [-0.39, 0.29) is 5.82 Å². The third kappa shape index (κ3) is 4.58. The summed E-state index contributed by atoms with van der Waals surface area (Å²) >= 11 is 1.79. The van der Waals surface area contributed by atoms with Gasteiger partial charge in [0, 0.05) is 25.5 Å². The van der Waals surface area contributed by atoms with Crippen LogP contribution in [0.15, 0.2) is 23.2 Å². The fourth-order valence-corrected chi connectivity index (χ4v) is 4.39. The van der Waals surface area contributed by atoms with Crippen LogP contribution in [0.1, 0.15) is 34.0 Å². The minimum atomic E-state index is -0.421. The molecule has 0 amide bonds. The fourth-order valence-electron chi connectivity index (χ4n) is 3.18. The maximum Gasteiger partial charge on any atom is 0.193 e. The number of halogens is 2. The van der Waals surface area contributed by atoms with Crippen molar-refractivity contribution in [3.63, 3.8) is 0 Å². The molecular formula is C19H24F2N4S. The molecule has 0 saturated carbocycles. The van der Waals surface area contributed by atoms with Crippen molar-refractivity contribution in [2.75, 3.05) is 20.6 Å². The zero-order valence-electron chi connectivity index (χ0n) is 15.2. The van der Waals surface area contributed by atoms with Crippen LogP contribution in [0.2, 0.25) is 0 Å². The summed E-state index contributed by atoms with van der Waals surface area (Å²) in [6, 6.07) is 3.53. The summed E-state index contributed by atoms with van der Waals surface area (Å²) in [5, 5.41) is 4.31. The van der Waals surface area contributed by atoms with Crippen LogP contribution in [-0.4, -0.2) is 36.5 Å². The van der Waals surface area contributed by atoms with Gasteiger partial charge in [0.2, 0.25) is 0 Å². The highest BCUT2D eigenvalue weighted by Gasteiger charge is 2.17. The molecule has 0 atom stereocenters. The molecule has 0 unspecified atom stereocenters. The molecule has 1 aliphatic carbocycles. The Morgan fingerprint density at radius 1 is 1.31 bits per heavy atom. The minimum Gasteiger partial charge on any atom is -0.356 e. The molecule has 1 aromatic carbocycles. The Kier molecular flexibility index (Phi) is 6.19. The van der Waals surface area contributed by atoms with Crippen molar-refractivity contribution in [1.82, 2.24) is 15.2 Å². The molecule has 1 aromatic heterocycles. The second kappa shape index (κ2) is 8.58. The number of benzene rings is 1. The fraction of sp³-hybridized carbons (Fsp3) is 0.474. The van der Waals surface area contributed by atoms with Gasteiger partial charge in [-0.15, -0.1) is 11.3 Å². The van der Waals surface area contributed by atoms with E-state index in [0.717, 1.165) is 35.9 Å². The van der Waals surface area contributed by atoms with Crippen LogP contribution in [0.25, 0.3) is 0 Å². The molecule has 1 heterocycles. The molecular weight excluding hydrogens is 354 g/mol. The molecule has 26 heavy (non-hydrogen) atoms. The number of hydrogen-bond acceptors (Lipinski definition) is 3. The number of nitrogens with one attached hydrogen (secondary N) is 1. The quantitative estimate of drug-likeness (QED) is 0.639. The number of rotatable bonds is 5. The van der Waals surface area contributed by atoms with E-state index in [2.05, 4.69) is 10.3 Å². The molecule has 0 saturated heterocycles. The van der Waals surface area contributed by atoms with Gasteiger partial charge in [0.25, 0.3) is 0 Å². The molecule has 1 N–H and O–H groups in total. The number of guanidine groups is 1. The van der Waals surface area contributed by atoms with Gasteiger partial charge in [-0.2, -0.15) is 0 Å². The van der Waals surface area contributed by atoms with E-state index < -0.39 is 5.82 Å². The van der Waals surface area contributed by atoms with Crippen molar-refractivity contribution < 1.29 is 8.78 Å². The normalized spacial score (nSPS) is 14.2. The smallest absolute Gasteiger partial charge is 0.193 e. The Bertz CT molecular complexity index is 764. The molecule has 140 valence electrons. The summed E-state index contributed by atoms with van der Waals surface area (Å²) in [7, 11) is 3.67. The number of aryl methyl sites for hydroxylation is 2. The van der Waals surface area contributed by atoms with Crippen LogP contribution >= 0.6 is 11.3 Å². The summed E-state index contributed by atoms with van der Waals surface area (Å²) in [5.74, 6) is -0.0875. The van der Waals surface area contributed by atoms with Crippen molar-refractivity contribution in [2.24, 2.45) is 4.99 Å². The van der Waals surface area contributed by atoms with Crippen molar-refractivity contribution >= 4 is 17.3 Å². The van der Waals surface area contributed by atoms with Gasteiger partial charge < -0.3 is 10.2 Å².